The summed E-state index contributed by atoms with van der Waals surface area (Å²) in [6, 6.07) is 5.00. The summed E-state index contributed by atoms with van der Waals surface area (Å²) in [5.41, 5.74) is 1.76. The predicted octanol–water partition coefficient (Wildman–Crippen LogP) is 1.41. The minimum absolute atomic E-state index is 0.171. The highest BCUT2D eigenvalue weighted by molar-refractivity contribution is 5.94. The summed E-state index contributed by atoms with van der Waals surface area (Å²) in [6.45, 7) is 5.34. The van der Waals surface area contributed by atoms with Gasteiger partial charge in [0.1, 0.15) is 5.52 Å². The molecule has 1 fully saturated rings. The number of ether oxygens (including phenoxy) is 2. The quantitative estimate of drug-likeness (QED) is 0.689. The maximum atomic E-state index is 12.3. The first-order valence-electron chi connectivity index (χ1n) is 9.48. The van der Waals surface area contributed by atoms with Gasteiger partial charge < -0.3 is 14.4 Å². The molecule has 1 amide bonds. The number of esters is 2. The third-order valence-corrected chi connectivity index (χ3v) is 4.84. The molecular weight excluding hydrogens is 364 g/mol. The lowest BCUT2D eigenvalue weighted by molar-refractivity contribution is -0.151. The molecule has 2 aromatic rings. The van der Waals surface area contributed by atoms with Crippen molar-refractivity contribution in [1.82, 2.24) is 19.9 Å². The number of benzene rings is 1. The van der Waals surface area contributed by atoms with Crippen LogP contribution in [-0.4, -0.2) is 64.0 Å². The number of aromatic nitrogens is 3. The van der Waals surface area contributed by atoms with Crippen molar-refractivity contribution in [2.45, 2.75) is 33.2 Å². The molecule has 0 N–H and O–H groups in total. The van der Waals surface area contributed by atoms with Gasteiger partial charge in [0.25, 0.3) is 5.91 Å². The summed E-state index contributed by atoms with van der Waals surface area (Å²) < 4.78 is 11.9. The van der Waals surface area contributed by atoms with Gasteiger partial charge in [-0.2, -0.15) is 0 Å². The number of likely N-dealkylation sites (tertiary alicyclic amines) is 1. The van der Waals surface area contributed by atoms with E-state index in [9.17, 15) is 14.4 Å². The second kappa shape index (κ2) is 8.81. The Morgan fingerprint density at radius 2 is 1.89 bits per heavy atom. The summed E-state index contributed by atoms with van der Waals surface area (Å²) in [5, 5.41) is 8.03. The minimum Gasteiger partial charge on any atom is -0.466 e. The second-order valence-corrected chi connectivity index (χ2v) is 6.59. The standard InChI is InChI=1S/C19H24N4O5/c1-3-23-16-6-5-14(11-15(16)20-21-23)19(26)28-12-17(24)22-9-7-13(8-10-22)18(25)27-4-2/h5-6,11,13H,3-4,7-10,12H2,1-2H3. The van der Waals surface area contributed by atoms with E-state index in [4.69, 9.17) is 9.47 Å². The average molecular weight is 388 g/mol. The predicted molar refractivity (Wildman–Crippen MR) is 99.4 cm³/mol. The Morgan fingerprint density at radius 3 is 2.57 bits per heavy atom. The van der Waals surface area contributed by atoms with Crippen molar-refractivity contribution >= 4 is 28.9 Å². The number of hydrogen-bond acceptors (Lipinski definition) is 7. The average Bonchev–Trinajstić information content (AvgIpc) is 3.14. The van der Waals surface area contributed by atoms with Crippen LogP contribution in [0.2, 0.25) is 0 Å². The Labute approximate surface area is 162 Å². The molecule has 2 heterocycles. The molecule has 9 nitrogen and oxygen atoms in total. The maximum absolute atomic E-state index is 12.3. The third-order valence-electron chi connectivity index (χ3n) is 4.84. The van der Waals surface area contributed by atoms with E-state index in [0.29, 0.717) is 50.2 Å². The van der Waals surface area contributed by atoms with Crippen LogP contribution in [0.4, 0.5) is 0 Å². The molecule has 150 valence electrons. The zero-order valence-corrected chi connectivity index (χ0v) is 16.1. The molecule has 0 aliphatic carbocycles. The van der Waals surface area contributed by atoms with E-state index in [1.807, 2.05) is 6.92 Å². The van der Waals surface area contributed by atoms with Crippen LogP contribution in [0.1, 0.15) is 37.0 Å². The molecule has 1 aliphatic heterocycles. The summed E-state index contributed by atoms with van der Waals surface area (Å²) in [5.74, 6) is -1.23. The van der Waals surface area contributed by atoms with E-state index in [-0.39, 0.29) is 24.4 Å². The van der Waals surface area contributed by atoms with E-state index in [2.05, 4.69) is 10.3 Å². The molecule has 9 heteroatoms. The molecule has 0 atom stereocenters. The van der Waals surface area contributed by atoms with E-state index in [0.717, 1.165) is 5.52 Å². The number of rotatable bonds is 6. The van der Waals surface area contributed by atoms with Crippen LogP contribution in [0.3, 0.4) is 0 Å². The molecule has 1 saturated heterocycles. The van der Waals surface area contributed by atoms with Crippen LogP contribution < -0.4 is 0 Å². The Kier molecular flexibility index (Phi) is 6.23. The number of nitrogens with zero attached hydrogens (tertiary/aromatic N) is 4. The van der Waals surface area contributed by atoms with Crippen molar-refractivity contribution in [3.05, 3.63) is 23.8 Å². The number of hydrogen-bond donors (Lipinski definition) is 0. The zero-order valence-electron chi connectivity index (χ0n) is 16.1. The molecule has 0 radical (unpaired) electrons. The molecular formula is C19H24N4O5. The highest BCUT2D eigenvalue weighted by Gasteiger charge is 2.28. The molecule has 3 rings (SSSR count). The third kappa shape index (κ3) is 4.29. The number of carbonyl (C=O) groups excluding carboxylic acids is 3. The summed E-state index contributed by atoms with van der Waals surface area (Å²) in [7, 11) is 0. The van der Waals surface area contributed by atoms with Crippen molar-refractivity contribution in [3.63, 3.8) is 0 Å². The van der Waals surface area contributed by atoms with Crippen molar-refractivity contribution < 1.29 is 23.9 Å². The van der Waals surface area contributed by atoms with Crippen molar-refractivity contribution in [3.8, 4) is 0 Å². The second-order valence-electron chi connectivity index (χ2n) is 6.59. The fourth-order valence-corrected chi connectivity index (χ4v) is 3.26. The highest BCUT2D eigenvalue weighted by atomic mass is 16.5. The fraction of sp³-hybridized carbons (Fsp3) is 0.526. The Morgan fingerprint density at radius 1 is 1.14 bits per heavy atom. The van der Waals surface area contributed by atoms with E-state index in [1.165, 1.54) is 0 Å². The smallest absolute Gasteiger partial charge is 0.338 e. The van der Waals surface area contributed by atoms with Crippen LogP contribution in [0, 0.1) is 5.92 Å². The van der Waals surface area contributed by atoms with Gasteiger partial charge in [-0.3, -0.25) is 9.59 Å². The van der Waals surface area contributed by atoms with Gasteiger partial charge in [-0.15, -0.1) is 5.10 Å². The van der Waals surface area contributed by atoms with Crippen molar-refractivity contribution in [2.75, 3.05) is 26.3 Å². The first-order chi connectivity index (χ1) is 13.5. The molecule has 1 aromatic carbocycles. The Bertz CT molecular complexity index is 870. The summed E-state index contributed by atoms with van der Waals surface area (Å²) >= 11 is 0. The van der Waals surface area contributed by atoms with Gasteiger partial charge in [0.2, 0.25) is 0 Å². The molecule has 1 aromatic heterocycles. The van der Waals surface area contributed by atoms with Crippen LogP contribution >= 0.6 is 0 Å². The first-order valence-corrected chi connectivity index (χ1v) is 9.48. The number of fused-ring (bicyclic) bond motifs is 1. The van der Waals surface area contributed by atoms with Gasteiger partial charge >= 0.3 is 11.9 Å². The number of carbonyl (C=O) groups is 3. The lowest BCUT2D eigenvalue weighted by Gasteiger charge is -2.30. The molecule has 28 heavy (non-hydrogen) atoms. The van der Waals surface area contributed by atoms with Gasteiger partial charge in [-0.05, 0) is 44.9 Å². The van der Waals surface area contributed by atoms with Crippen LogP contribution in [-0.2, 0) is 25.6 Å². The normalized spacial score (nSPS) is 14.9. The van der Waals surface area contributed by atoms with E-state index < -0.39 is 5.97 Å². The molecule has 0 spiro atoms. The lowest BCUT2D eigenvalue weighted by atomic mass is 9.97. The van der Waals surface area contributed by atoms with Crippen molar-refractivity contribution in [1.29, 1.82) is 0 Å². The van der Waals surface area contributed by atoms with Gasteiger partial charge in [0.05, 0.1) is 23.6 Å². The van der Waals surface area contributed by atoms with Crippen molar-refractivity contribution in [2.24, 2.45) is 5.92 Å². The van der Waals surface area contributed by atoms with Gasteiger partial charge in [-0.25, -0.2) is 9.48 Å². The SMILES string of the molecule is CCOC(=O)C1CCN(C(=O)COC(=O)c2ccc3c(c2)nnn3CC)CC1. The maximum Gasteiger partial charge on any atom is 0.338 e. The largest absolute Gasteiger partial charge is 0.466 e. The summed E-state index contributed by atoms with van der Waals surface area (Å²) in [6.07, 6.45) is 1.12. The van der Waals surface area contributed by atoms with E-state index in [1.54, 1.807) is 34.7 Å². The van der Waals surface area contributed by atoms with Gasteiger partial charge in [0.15, 0.2) is 6.61 Å². The highest BCUT2D eigenvalue weighted by Crippen LogP contribution is 2.19. The Balaban J connectivity index is 1.51. The molecule has 0 saturated carbocycles. The molecule has 1 aliphatic rings. The van der Waals surface area contributed by atoms with E-state index >= 15 is 0 Å². The van der Waals surface area contributed by atoms with Crippen LogP contribution in [0.25, 0.3) is 11.0 Å². The molecule has 0 bridgehead atoms. The van der Waals surface area contributed by atoms with Crippen LogP contribution in [0.5, 0.6) is 0 Å². The zero-order chi connectivity index (χ0) is 20.1. The monoisotopic (exact) mass is 388 g/mol. The fourth-order valence-electron chi connectivity index (χ4n) is 3.26. The summed E-state index contributed by atoms with van der Waals surface area (Å²) in [4.78, 5) is 37.9. The van der Waals surface area contributed by atoms with Gasteiger partial charge in [0, 0.05) is 19.6 Å². The Hall–Kier alpha value is -2.97. The van der Waals surface area contributed by atoms with Gasteiger partial charge in [-0.1, -0.05) is 5.21 Å². The number of aryl methyl sites for hydroxylation is 1. The minimum atomic E-state index is -0.581. The lowest BCUT2D eigenvalue weighted by Crippen LogP contribution is -2.42. The number of piperidine rings is 1. The number of amides is 1. The topological polar surface area (TPSA) is 104 Å². The van der Waals surface area contributed by atoms with Crippen LogP contribution in [0.15, 0.2) is 18.2 Å². The first kappa shape index (κ1) is 19.8. The molecule has 0 unspecified atom stereocenters.